The van der Waals surface area contributed by atoms with Crippen LogP contribution < -0.4 is 9.30 Å². The van der Waals surface area contributed by atoms with Crippen LogP contribution in [0.2, 0.25) is 0 Å². The van der Waals surface area contributed by atoms with Crippen LogP contribution in [0.5, 0.6) is 11.5 Å². The molecule has 0 aliphatic carbocycles. The smallest absolute Gasteiger partial charge is 0.269 e. The minimum Gasteiger partial charge on any atom is -0.458 e. The normalized spacial score (nSPS) is 16.7. The van der Waals surface area contributed by atoms with Gasteiger partial charge in [0.25, 0.3) is 6.33 Å². The van der Waals surface area contributed by atoms with Gasteiger partial charge in [0, 0.05) is 27.1 Å². The van der Waals surface area contributed by atoms with Gasteiger partial charge in [-0.15, -0.1) is 0 Å². The van der Waals surface area contributed by atoms with Gasteiger partial charge in [0.15, 0.2) is 0 Å². The summed E-state index contributed by atoms with van der Waals surface area (Å²) >= 11 is 0. The summed E-state index contributed by atoms with van der Waals surface area (Å²) in [6, 6.07) is 11.6. The number of hydrogen-bond acceptors (Lipinski definition) is 2. The molecule has 0 saturated heterocycles. The van der Waals surface area contributed by atoms with Gasteiger partial charge in [0.2, 0.25) is 0 Å². The third kappa shape index (κ3) is 9.63. The average molecular weight is 1120 g/mol. The SMILES string of the molecule is [2H]c1nc(-n2c3ccc(-c4ccccc4)cc3c3ccc(Oc4cccc(-n5[c-][n+](-c6c(-c7c([2H])c(-c8c([2H])c([2H])c([2H])c([2H])c8[2H])c([2H])c(-c8c([2H])c([2H])c([2H])c([2H])c8[2H])c7[2H])cccc6-c6c([2H])c(-c7c([2H])c([2H])c([2H])c([2H])c7[2H])c([2H])c(-c7c([2H])c([2H])c([2H])c([2H])c7[2H])c6[2H])c6ccccc65)c4)cc32)c([2H])c(C([2H])([2H])[2H])c1C. The van der Waals surface area contributed by atoms with Gasteiger partial charge in [-0.05, 0) is 188 Å². The number of benzene rings is 12. The highest BCUT2D eigenvalue weighted by Crippen LogP contribution is 2.42. The van der Waals surface area contributed by atoms with E-state index in [1.54, 1.807) is 71.3 Å². The van der Waals surface area contributed by atoms with E-state index in [9.17, 15) is 20.6 Å². The molecule has 0 spiro atoms. The Bertz CT molecular complexity index is 6320. The van der Waals surface area contributed by atoms with E-state index in [-0.39, 0.29) is 57.0 Å². The third-order valence-corrected chi connectivity index (χ3v) is 14.2. The number of fused-ring (bicyclic) bond motifs is 4. The summed E-state index contributed by atoms with van der Waals surface area (Å²) < 4.78 is 296. The average Bonchev–Trinajstić information content (AvgIpc) is 1.58. The molecule has 85 heavy (non-hydrogen) atoms. The zero-order valence-corrected chi connectivity index (χ0v) is 44.4. The minimum atomic E-state index is -2.82. The first-order valence-corrected chi connectivity index (χ1v) is 26.4. The van der Waals surface area contributed by atoms with Crippen LogP contribution in [0.4, 0.5) is 0 Å². The Balaban J connectivity index is 1.04. The maximum absolute atomic E-state index is 10.4. The summed E-state index contributed by atoms with van der Waals surface area (Å²) in [5.74, 6) is 0.211. The molecule has 402 valence electrons. The number of pyridine rings is 1. The van der Waals surface area contributed by atoms with E-state index in [0.717, 1.165) is 11.1 Å². The second-order valence-corrected chi connectivity index (χ2v) is 19.3. The van der Waals surface area contributed by atoms with E-state index in [1.807, 2.05) is 48.5 Å². The summed E-state index contributed by atoms with van der Waals surface area (Å²) in [5, 5.41) is 1.31. The molecular formula is C80H56N4O. The lowest BCUT2D eigenvalue weighted by Crippen LogP contribution is -2.31. The number of aromatic nitrogens is 4. The highest BCUT2D eigenvalue weighted by Gasteiger charge is 2.23. The monoisotopic (exact) mass is 1120 g/mol. The molecule has 0 bridgehead atoms. The van der Waals surface area contributed by atoms with Crippen LogP contribution >= 0.6 is 0 Å². The fourth-order valence-corrected chi connectivity index (χ4v) is 10.3. The summed E-state index contributed by atoms with van der Waals surface area (Å²) in [7, 11) is 0. The topological polar surface area (TPSA) is 35.9 Å². The number of rotatable bonds is 12. The Kier molecular flexibility index (Phi) is 7.07. The molecule has 0 N–H and O–H groups in total. The van der Waals surface area contributed by atoms with Crippen molar-refractivity contribution in [2.75, 3.05) is 0 Å². The summed E-state index contributed by atoms with van der Waals surface area (Å²) in [6.07, 6.45) is 2.98. The standard InChI is InChI=1S/C80H56N4O/c1-54-42-79(81-52-55(54)2)84-75-41-38-61(56-22-8-3-9-23-56)49-74(75)73-40-39-70(51-78(73)84)85-69-33-20-32-68(50-69)82-53-83(77-37-19-18-36-76(77)82)80-71(66-45-62(57-24-10-4-11-25-57)43-63(46-66)58-26-12-5-13-27-58)34-21-35-72(80)67-47-64(59-28-14-6-15-29-59)44-65(48-67)60-30-16-7-17-31-60/h3-52H,1-2H3/i1D3,4D,5D,6D,7D,10D,11D,12D,13D,14D,15D,16D,17D,24D,25D,26D,27D,28D,29D,30D,31D,42D,43D,44D,45D,46D,47D,48D,52D. The molecule has 5 nitrogen and oxygen atoms in total. The Morgan fingerprint density at radius 3 is 1.58 bits per heavy atom. The van der Waals surface area contributed by atoms with Gasteiger partial charge in [0.05, 0.1) is 71.8 Å². The number of imidazole rings is 1. The molecule has 0 aliphatic rings. The first kappa shape index (κ1) is 27.8. The van der Waals surface area contributed by atoms with Crippen molar-refractivity contribution in [3.63, 3.8) is 0 Å². The lowest BCUT2D eigenvalue weighted by molar-refractivity contribution is -0.571. The quantitative estimate of drug-likeness (QED) is 0.0903. The zero-order chi connectivity index (χ0) is 83.7. The van der Waals surface area contributed by atoms with E-state index in [4.69, 9.17) is 26.7 Å². The Hall–Kier alpha value is -11.1. The molecule has 0 radical (unpaired) electrons. The second kappa shape index (κ2) is 21.6. The van der Waals surface area contributed by atoms with Crippen molar-refractivity contribution >= 4 is 32.8 Å². The number of ether oxygens (including phenoxy) is 1. The highest BCUT2D eigenvalue weighted by molar-refractivity contribution is 6.11. The first-order valence-electron chi connectivity index (χ1n) is 41.9. The van der Waals surface area contributed by atoms with Crippen molar-refractivity contribution in [1.29, 1.82) is 0 Å². The van der Waals surface area contributed by atoms with Gasteiger partial charge < -0.3 is 4.74 Å². The first-order chi connectivity index (χ1) is 54.8. The molecule has 3 aromatic heterocycles. The minimum absolute atomic E-state index is 0.00548. The van der Waals surface area contributed by atoms with E-state index < -0.39 is 237 Å². The van der Waals surface area contributed by atoms with Crippen molar-refractivity contribution in [3.05, 3.63) is 320 Å². The largest absolute Gasteiger partial charge is 0.458 e. The molecule has 0 unspecified atom stereocenters. The molecule has 0 aliphatic heterocycles. The van der Waals surface area contributed by atoms with Gasteiger partial charge in [-0.25, -0.2) is 4.98 Å². The Morgan fingerprint density at radius 1 is 0.424 bits per heavy atom. The molecule has 5 heteroatoms. The van der Waals surface area contributed by atoms with Crippen molar-refractivity contribution in [1.82, 2.24) is 14.1 Å². The number of nitrogens with zero attached hydrogens (tertiary/aromatic N) is 4. The third-order valence-electron chi connectivity index (χ3n) is 14.2. The lowest BCUT2D eigenvalue weighted by Gasteiger charge is -2.20. The molecule has 0 saturated carbocycles. The van der Waals surface area contributed by atoms with Crippen molar-refractivity contribution in [2.24, 2.45) is 0 Å². The van der Waals surface area contributed by atoms with E-state index in [1.165, 1.54) is 34.3 Å². The lowest BCUT2D eigenvalue weighted by atomic mass is 9.89. The van der Waals surface area contributed by atoms with Crippen LogP contribution in [0, 0.1) is 20.1 Å². The molecule has 0 amide bonds. The molecule has 15 aromatic rings. The van der Waals surface area contributed by atoms with Crippen molar-refractivity contribution in [2.45, 2.75) is 13.8 Å². The maximum Gasteiger partial charge on any atom is 0.269 e. The summed E-state index contributed by atoms with van der Waals surface area (Å²) in [4.78, 5) is 4.53. The second-order valence-electron chi connectivity index (χ2n) is 19.3. The van der Waals surface area contributed by atoms with Gasteiger partial charge in [-0.1, -0.05) is 206 Å². The van der Waals surface area contributed by atoms with E-state index in [2.05, 4.69) is 11.3 Å². The summed E-state index contributed by atoms with van der Waals surface area (Å²) in [5.41, 5.74) is -6.23. The molecule has 0 fully saturated rings. The van der Waals surface area contributed by atoms with Crippen LogP contribution in [-0.2, 0) is 0 Å². The molecule has 0 atom stereocenters. The van der Waals surface area contributed by atoms with E-state index >= 15 is 0 Å². The Morgan fingerprint density at radius 2 is 0.976 bits per heavy atom. The van der Waals surface area contributed by atoms with Crippen molar-refractivity contribution < 1.29 is 51.8 Å². The van der Waals surface area contributed by atoms with Gasteiger partial charge in [-0.2, -0.15) is 0 Å². The Labute approximate surface area is 538 Å². The van der Waals surface area contributed by atoms with Crippen LogP contribution in [0.3, 0.4) is 0 Å². The van der Waals surface area contributed by atoms with E-state index in [0.29, 0.717) is 21.8 Å². The van der Waals surface area contributed by atoms with Crippen LogP contribution in [0.15, 0.2) is 303 Å². The predicted octanol–water partition coefficient (Wildman–Crippen LogP) is 20.3. The number of hydrogen-bond donors (Lipinski definition) is 0. The highest BCUT2D eigenvalue weighted by atomic mass is 16.5. The predicted molar refractivity (Wildman–Crippen MR) is 350 cm³/mol. The molecule has 15 rings (SSSR count). The van der Waals surface area contributed by atoms with Crippen LogP contribution in [0.25, 0.3) is 128 Å². The molecule has 3 heterocycles. The van der Waals surface area contributed by atoms with Gasteiger partial charge in [0.1, 0.15) is 17.3 Å². The van der Waals surface area contributed by atoms with Gasteiger partial charge in [-0.3, -0.25) is 13.7 Å². The zero-order valence-electron chi connectivity index (χ0n) is 75.4. The molecule has 12 aromatic carbocycles. The van der Waals surface area contributed by atoms with Crippen molar-refractivity contribution in [3.8, 4) is 107 Å². The fraction of sp³-hybridized carbons (Fsp3) is 0.0250. The molecular weight excluding hydrogens is 1030 g/mol. The van der Waals surface area contributed by atoms with Gasteiger partial charge >= 0.3 is 0 Å². The maximum atomic E-state index is 10.4. The summed E-state index contributed by atoms with van der Waals surface area (Å²) in [6.45, 7) is -1.39. The van der Waals surface area contributed by atoms with Crippen LogP contribution in [-0.4, -0.2) is 14.1 Å². The number of para-hydroxylation sites is 3. The fourth-order valence-electron chi connectivity index (χ4n) is 10.3. The van der Waals surface area contributed by atoms with Crippen LogP contribution in [0.1, 0.15) is 53.6 Å².